The van der Waals surface area contributed by atoms with Crippen LogP contribution >= 0.6 is 15.9 Å². The zero-order chi connectivity index (χ0) is 25.7. The lowest BCUT2D eigenvalue weighted by atomic mass is 9.87. The largest absolute Gasteiger partial charge is 0.353 e. The molecule has 0 radical (unpaired) electrons. The van der Waals surface area contributed by atoms with E-state index in [2.05, 4.69) is 47.9 Å². The van der Waals surface area contributed by atoms with E-state index in [-0.39, 0.29) is 37.8 Å². The van der Waals surface area contributed by atoms with E-state index >= 15 is 0 Å². The maximum atomic E-state index is 13.2. The summed E-state index contributed by atoms with van der Waals surface area (Å²) in [4.78, 5) is 33.5. The van der Waals surface area contributed by atoms with E-state index in [0.29, 0.717) is 17.2 Å². The van der Waals surface area contributed by atoms with E-state index < -0.39 is 17.5 Å². The average Bonchev–Trinajstić information content (AvgIpc) is 3.68. The molecule has 4 rings (SSSR count). The molecule has 1 aromatic carbocycles. The number of aromatic nitrogens is 1. The Labute approximate surface area is 217 Å². The Morgan fingerprint density at radius 2 is 2.11 bits per heavy atom. The van der Waals surface area contributed by atoms with Crippen LogP contribution in [0.4, 0.5) is 10.1 Å². The molecule has 36 heavy (non-hydrogen) atoms. The van der Waals surface area contributed by atoms with E-state index in [4.69, 9.17) is 0 Å². The van der Waals surface area contributed by atoms with Gasteiger partial charge >= 0.3 is 0 Å². The topological polar surface area (TPSA) is 119 Å². The van der Waals surface area contributed by atoms with Gasteiger partial charge in [-0.2, -0.15) is 5.26 Å². The Morgan fingerprint density at radius 3 is 2.78 bits per heavy atom. The summed E-state index contributed by atoms with van der Waals surface area (Å²) in [5, 5.41) is 18.1. The van der Waals surface area contributed by atoms with E-state index in [0.717, 1.165) is 34.9 Å². The van der Waals surface area contributed by atoms with E-state index in [9.17, 15) is 19.2 Å². The predicted molar refractivity (Wildman–Crippen MR) is 139 cm³/mol. The molecule has 1 aliphatic heterocycles. The number of guanidine groups is 1. The highest BCUT2D eigenvalue weighted by atomic mass is 79.9. The first-order chi connectivity index (χ1) is 17.3. The third-order valence-corrected chi connectivity index (χ3v) is 6.98. The Morgan fingerprint density at radius 1 is 1.31 bits per heavy atom. The highest BCUT2D eigenvalue weighted by Gasteiger charge is 2.45. The number of pyridine rings is 1. The van der Waals surface area contributed by atoms with Gasteiger partial charge in [0.1, 0.15) is 6.17 Å². The van der Waals surface area contributed by atoms with Gasteiger partial charge in [0.15, 0.2) is 11.7 Å². The monoisotopic (exact) mass is 554 g/mol. The quantitative estimate of drug-likeness (QED) is 0.431. The van der Waals surface area contributed by atoms with Crippen molar-refractivity contribution >= 4 is 39.3 Å². The molecule has 188 valence electrons. The number of Topliss-reactive ketones (excluding diaryl/α,β-unsaturated/α-hetero) is 1. The molecule has 0 saturated heterocycles. The zero-order valence-electron chi connectivity index (χ0n) is 20.0. The molecule has 2 aromatic rings. The van der Waals surface area contributed by atoms with Crippen LogP contribution in [0.5, 0.6) is 0 Å². The lowest BCUT2D eigenvalue weighted by molar-refractivity contribution is -0.118. The molecule has 3 N–H and O–H groups in total. The lowest BCUT2D eigenvalue weighted by Crippen LogP contribution is -2.41. The summed E-state index contributed by atoms with van der Waals surface area (Å²) in [6.07, 6.45) is 4.68. The summed E-state index contributed by atoms with van der Waals surface area (Å²) >= 11 is 3.55. The van der Waals surface area contributed by atoms with Crippen LogP contribution in [0.15, 0.2) is 46.1 Å². The lowest BCUT2D eigenvalue weighted by Gasteiger charge is -2.19. The van der Waals surface area contributed by atoms with Gasteiger partial charge in [-0.3, -0.25) is 14.6 Å². The number of ketones is 1. The van der Waals surface area contributed by atoms with Gasteiger partial charge in [-0.25, -0.2) is 9.38 Å². The van der Waals surface area contributed by atoms with Crippen LogP contribution in [0.2, 0.25) is 0 Å². The number of alkyl halides is 1. The number of nitriles is 1. The first-order valence-electron chi connectivity index (χ1n) is 12.0. The van der Waals surface area contributed by atoms with Crippen molar-refractivity contribution < 1.29 is 14.0 Å². The Hall–Kier alpha value is -3.32. The maximum Gasteiger partial charge on any atom is 0.253 e. The van der Waals surface area contributed by atoms with Gasteiger partial charge in [0.05, 0.1) is 48.6 Å². The summed E-state index contributed by atoms with van der Waals surface area (Å²) in [6.45, 7) is 2.17. The number of hydrogen-bond donors (Lipinski definition) is 3. The molecule has 0 bridgehead atoms. The number of nitrogens with one attached hydrogen (secondary N) is 3. The molecule has 1 unspecified atom stereocenters. The Kier molecular flexibility index (Phi) is 7.99. The summed E-state index contributed by atoms with van der Waals surface area (Å²) in [5.41, 5.74) is 2.43. The number of carbonyl (C=O) groups is 2. The van der Waals surface area contributed by atoms with Gasteiger partial charge < -0.3 is 16.0 Å². The molecule has 2 atom stereocenters. The van der Waals surface area contributed by atoms with Gasteiger partial charge in [-0.05, 0) is 54.5 Å². The van der Waals surface area contributed by atoms with Crippen LogP contribution < -0.4 is 16.0 Å². The minimum absolute atomic E-state index is 0.0120. The predicted octanol–water partition coefficient (Wildman–Crippen LogP) is 3.99. The number of rotatable bonds is 9. The molecule has 2 heterocycles. The van der Waals surface area contributed by atoms with E-state index in [1.54, 1.807) is 6.07 Å². The first-order valence-corrected chi connectivity index (χ1v) is 12.8. The second kappa shape index (κ2) is 11.2. The third kappa shape index (κ3) is 6.26. The van der Waals surface area contributed by atoms with Crippen molar-refractivity contribution in [2.24, 2.45) is 4.99 Å². The summed E-state index contributed by atoms with van der Waals surface area (Å²) in [5.74, 6) is -0.0876. The van der Waals surface area contributed by atoms with Crippen LogP contribution in [0, 0.1) is 11.3 Å². The van der Waals surface area contributed by atoms with Gasteiger partial charge in [0, 0.05) is 17.1 Å². The molecule has 1 fully saturated rings. The highest BCUT2D eigenvalue weighted by Crippen LogP contribution is 2.48. The number of hydrogen-bond acceptors (Lipinski definition) is 7. The molecular formula is C26H28BrFN6O2. The van der Waals surface area contributed by atoms with Crippen molar-refractivity contribution in [3.8, 4) is 6.07 Å². The molecule has 8 nitrogen and oxygen atoms in total. The highest BCUT2D eigenvalue weighted by molar-refractivity contribution is 9.10. The zero-order valence-corrected chi connectivity index (χ0v) is 21.6. The smallest absolute Gasteiger partial charge is 0.253 e. The van der Waals surface area contributed by atoms with Gasteiger partial charge in [0.2, 0.25) is 0 Å². The van der Waals surface area contributed by atoms with Crippen molar-refractivity contribution in [3.05, 3.63) is 57.8 Å². The summed E-state index contributed by atoms with van der Waals surface area (Å²) < 4.78 is 14.1. The minimum Gasteiger partial charge on any atom is -0.353 e. The first kappa shape index (κ1) is 25.8. The van der Waals surface area contributed by atoms with Crippen LogP contribution in [0.3, 0.4) is 0 Å². The summed E-state index contributed by atoms with van der Waals surface area (Å²) in [7, 11) is 0. The molecule has 10 heteroatoms. The number of halogens is 2. The fraction of sp³-hybridized carbons (Fsp3) is 0.423. The van der Waals surface area contributed by atoms with Gasteiger partial charge in [0.25, 0.3) is 5.91 Å². The fourth-order valence-electron chi connectivity index (χ4n) is 4.21. The molecule has 1 aromatic heterocycles. The number of amides is 1. The molecular weight excluding hydrogens is 527 g/mol. The number of carbonyl (C=O) groups excluding carboxylic acids is 2. The number of aliphatic imine (C=N–C) groups is 1. The van der Waals surface area contributed by atoms with Crippen molar-refractivity contribution in [2.75, 3.05) is 25.0 Å². The van der Waals surface area contributed by atoms with Gasteiger partial charge in [-0.15, -0.1) is 0 Å². The molecule has 1 amide bonds. The minimum atomic E-state index is -1.02. The van der Waals surface area contributed by atoms with Crippen LogP contribution in [-0.2, 0) is 10.2 Å². The second-order valence-electron chi connectivity index (χ2n) is 9.25. The van der Waals surface area contributed by atoms with Crippen molar-refractivity contribution in [2.45, 2.75) is 50.1 Å². The second-order valence-corrected chi connectivity index (χ2v) is 10.2. The SMILES string of the molecule is CC[C@H](CC(=O)CNC(=O)c1cncc(NC2=NCC(F)CN2)c1)c1cc(Br)cc(C2(C#N)CC2)c1. The van der Waals surface area contributed by atoms with Crippen molar-refractivity contribution in [3.63, 3.8) is 0 Å². The summed E-state index contributed by atoms with van der Waals surface area (Å²) in [6, 6.07) is 10.1. The normalized spacial score (nSPS) is 18.7. The van der Waals surface area contributed by atoms with Crippen molar-refractivity contribution in [1.82, 2.24) is 15.6 Å². The van der Waals surface area contributed by atoms with E-state index in [1.807, 2.05) is 25.1 Å². The average molecular weight is 555 g/mol. The number of nitrogens with zero attached hydrogens (tertiary/aromatic N) is 3. The van der Waals surface area contributed by atoms with E-state index in [1.165, 1.54) is 12.4 Å². The van der Waals surface area contributed by atoms with Gasteiger partial charge in [-0.1, -0.05) is 28.9 Å². The molecule has 2 aliphatic rings. The Balaban J connectivity index is 1.34. The molecule has 1 aliphatic carbocycles. The standard InChI is InChI=1S/C26H28BrFN6O2/c1-2-16(17-5-19(9-20(27)6-17)26(15-29)3-4-26)8-23(35)14-31-24(36)18-7-22(13-30-10-18)34-25-32-11-21(28)12-33-25/h5-7,9-10,13,16,21H,2-4,8,11-12,14H2,1H3,(H,31,36)(H2,32,33,34)/t16-/m1/s1. The fourth-order valence-corrected chi connectivity index (χ4v) is 4.72. The molecule has 1 saturated carbocycles. The van der Waals surface area contributed by atoms with Crippen LogP contribution in [-0.4, -0.2) is 48.4 Å². The van der Waals surface area contributed by atoms with Crippen molar-refractivity contribution in [1.29, 1.82) is 5.26 Å². The Bertz CT molecular complexity index is 1220. The van der Waals surface area contributed by atoms with Crippen LogP contribution in [0.1, 0.15) is 60.0 Å². The number of benzene rings is 1. The third-order valence-electron chi connectivity index (χ3n) is 6.52. The number of anilines is 1. The molecule has 0 spiro atoms. The maximum absolute atomic E-state index is 13.2. The van der Waals surface area contributed by atoms with Crippen LogP contribution in [0.25, 0.3) is 0 Å².